The largest absolute Gasteiger partial charge is 0.338 e. The Balaban J connectivity index is 1.89. The first-order chi connectivity index (χ1) is 8.48. The number of rotatable bonds is 2. The van der Waals surface area contributed by atoms with Gasteiger partial charge in [-0.2, -0.15) is 0 Å². The van der Waals surface area contributed by atoms with E-state index in [9.17, 15) is 13.2 Å². The zero-order valence-electron chi connectivity index (χ0n) is 10.9. The van der Waals surface area contributed by atoms with Crippen molar-refractivity contribution in [2.45, 2.75) is 44.7 Å². The first-order valence-corrected chi connectivity index (χ1v) is 8.53. The summed E-state index contributed by atoms with van der Waals surface area (Å²) >= 11 is 0. The summed E-state index contributed by atoms with van der Waals surface area (Å²) in [5, 5.41) is 3.35. The van der Waals surface area contributed by atoms with Gasteiger partial charge in [-0.05, 0) is 26.3 Å². The zero-order chi connectivity index (χ0) is 13.2. The lowest BCUT2D eigenvalue weighted by atomic mass is 10.0. The summed E-state index contributed by atoms with van der Waals surface area (Å²) in [5.74, 6) is 0.315. The number of hydrogen-bond acceptors (Lipinski definition) is 4. The molecule has 0 bridgehead atoms. The molecule has 0 aromatic heterocycles. The molecule has 1 amide bonds. The lowest BCUT2D eigenvalue weighted by Gasteiger charge is -2.34. The van der Waals surface area contributed by atoms with Crippen molar-refractivity contribution >= 4 is 15.7 Å². The lowest BCUT2D eigenvalue weighted by Crippen LogP contribution is -2.51. The summed E-state index contributed by atoms with van der Waals surface area (Å²) in [6, 6.07) is 0.0943. The van der Waals surface area contributed by atoms with Crippen LogP contribution < -0.4 is 5.32 Å². The van der Waals surface area contributed by atoms with Gasteiger partial charge in [-0.1, -0.05) is 6.42 Å². The van der Waals surface area contributed by atoms with Crippen LogP contribution >= 0.6 is 0 Å². The molecule has 0 aromatic rings. The highest BCUT2D eigenvalue weighted by atomic mass is 32.2. The van der Waals surface area contributed by atoms with Crippen LogP contribution in [0.3, 0.4) is 0 Å². The smallest absolute Gasteiger partial charge is 0.224 e. The number of nitrogens with one attached hydrogen (secondary N) is 1. The van der Waals surface area contributed by atoms with Gasteiger partial charge in [0.2, 0.25) is 5.91 Å². The standard InChI is InChI=1S/C12H22N2O3S/c1-10-9-18(16,17)7-6-14(10)12(15)8-11-4-2-3-5-13-11/h10-11,13H,2-9H2,1H3. The van der Waals surface area contributed by atoms with Gasteiger partial charge in [-0.15, -0.1) is 0 Å². The van der Waals surface area contributed by atoms with Gasteiger partial charge < -0.3 is 10.2 Å². The van der Waals surface area contributed by atoms with Crippen molar-refractivity contribution in [3.63, 3.8) is 0 Å². The molecule has 2 saturated heterocycles. The predicted octanol–water partition coefficient (Wildman–Crippen LogP) is 0.164. The number of hydrogen-bond donors (Lipinski definition) is 1. The molecular weight excluding hydrogens is 252 g/mol. The second-order valence-electron chi connectivity index (χ2n) is 5.40. The van der Waals surface area contributed by atoms with Crippen LogP contribution in [-0.2, 0) is 14.6 Å². The molecule has 2 rings (SSSR count). The summed E-state index contributed by atoms with van der Waals surface area (Å²) in [6.45, 7) is 3.17. The summed E-state index contributed by atoms with van der Waals surface area (Å²) in [4.78, 5) is 13.9. The fourth-order valence-corrected chi connectivity index (χ4v) is 4.35. The Morgan fingerprint density at radius 2 is 2.17 bits per heavy atom. The SMILES string of the molecule is CC1CS(=O)(=O)CCN1C(=O)CC1CCCCN1. The molecule has 0 radical (unpaired) electrons. The second-order valence-corrected chi connectivity index (χ2v) is 7.63. The molecule has 6 heteroatoms. The first-order valence-electron chi connectivity index (χ1n) is 6.71. The maximum Gasteiger partial charge on any atom is 0.224 e. The Hall–Kier alpha value is -0.620. The van der Waals surface area contributed by atoms with Gasteiger partial charge in [0.15, 0.2) is 9.84 Å². The van der Waals surface area contributed by atoms with E-state index < -0.39 is 9.84 Å². The van der Waals surface area contributed by atoms with Gasteiger partial charge in [0, 0.05) is 25.0 Å². The molecule has 104 valence electrons. The molecule has 1 N–H and O–H groups in total. The highest BCUT2D eigenvalue weighted by molar-refractivity contribution is 7.91. The third-order valence-electron chi connectivity index (χ3n) is 3.82. The van der Waals surface area contributed by atoms with Crippen LogP contribution in [0, 0.1) is 0 Å². The van der Waals surface area contributed by atoms with E-state index in [1.807, 2.05) is 6.92 Å². The van der Waals surface area contributed by atoms with E-state index in [4.69, 9.17) is 0 Å². The van der Waals surface area contributed by atoms with Crippen molar-refractivity contribution in [2.24, 2.45) is 0 Å². The maximum absolute atomic E-state index is 12.2. The molecule has 2 aliphatic heterocycles. The summed E-state index contributed by atoms with van der Waals surface area (Å²) in [7, 11) is -2.94. The molecule has 0 aliphatic carbocycles. The fourth-order valence-electron chi connectivity index (χ4n) is 2.80. The number of carbonyl (C=O) groups excluding carboxylic acids is 1. The van der Waals surface area contributed by atoms with Gasteiger partial charge in [-0.25, -0.2) is 8.42 Å². The monoisotopic (exact) mass is 274 g/mol. The Bertz CT molecular complexity index is 402. The third-order valence-corrected chi connectivity index (χ3v) is 5.62. The molecule has 2 atom stereocenters. The van der Waals surface area contributed by atoms with E-state index in [0.29, 0.717) is 13.0 Å². The van der Waals surface area contributed by atoms with Gasteiger partial charge in [0.25, 0.3) is 0 Å². The zero-order valence-corrected chi connectivity index (χ0v) is 11.7. The van der Waals surface area contributed by atoms with Crippen molar-refractivity contribution in [3.8, 4) is 0 Å². The van der Waals surface area contributed by atoms with Crippen LogP contribution in [0.4, 0.5) is 0 Å². The lowest BCUT2D eigenvalue weighted by molar-refractivity contribution is -0.133. The number of sulfone groups is 1. The van der Waals surface area contributed by atoms with Crippen LogP contribution in [0.15, 0.2) is 0 Å². The molecule has 2 unspecified atom stereocenters. The van der Waals surface area contributed by atoms with Gasteiger partial charge in [0.05, 0.1) is 11.5 Å². The van der Waals surface area contributed by atoms with E-state index in [1.165, 1.54) is 12.8 Å². The Morgan fingerprint density at radius 3 is 2.78 bits per heavy atom. The van der Waals surface area contributed by atoms with E-state index >= 15 is 0 Å². The molecule has 2 fully saturated rings. The van der Waals surface area contributed by atoms with Crippen LogP contribution in [-0.4, -0.2) is 55.9 Å². The molecule has 0 spiro atoms. The molecule has 2 aliphatic rings. The molecule has 0 saturated carbocycles. The van der Waals surface area contributed by atoms with Gasteiger partial charge in [-0.3, -0.25) is 4.79 Å². The van der Waals surface area contributed by atoms with E-state index in [1.54, 1.807) is 4.90 Å². The quantitative estimate of drug-likeness (QED) is 0.779. The fraction of sp³-hybridized carbons (Fsp3) is 0.917. The Morgan fingerprint density at radius 1 is 1.39 bits per heavy atom. The minimum atomic E-state index is -2.94. The van der Waals surface area contributed by atoms with Crippen molar-refractivity contribution in [1.82, 2.24) is 10.2 Å². The molecule has 18 heavy (non-hydrogen) atoms. The second kappa shape index (κ2) is 5.57. The highest BCUT2D eigenvalue weighted by Gasteiger charge is 2.32. The minimum Gasteiger partial charge on any atom is -0.338 e. The Kier molecular flexibility index (Phi) is 4.27. The maximum atomic E-state index is 12.2. The van der Waals surface area contributed by atoms with Crippen LogP contribution in [0.2, 0.25) is 0 Å². The number of carbonyl (C=O) groups is 1. The topological polar surface area (TPSA) is 66.5 Å². The van der Waals surface area contributed by atoms with E-state index in [-0.39, 0.29) is 29.5 Å². The number of amides is 1. The van der Waals surface area contributed by atoms with Gasteiger partial charge >= 0.3 is 0 Å². The van der Waals surface area contributed by atoms with Crippen molar-refractivity contribution in [3.05, 3.63) is 0 Å². The van der Waals surface area contributed by atoms with Crippen LogP contribution in [0.25, 0.3) is 0 Å². The molecular formula is C12H22N2O3S. The number of nitrogens with zero attached hydrogens (tertiary/aromatic N) is 1. The minimum absolute atomic E-state index is 0.0943. The summed E-state index contributed by atoms with van der Waals surface area (Å²) in [5.41, 5.74) is 0. The predicted molar refractivity (Wildman–Crippen MR) is 70.1 cm³/mol. The normalized spacial score (nSPS) is 32.2. The molecule has 5 nitrogen and oxygen atoms in total. The highest BCUT2D eigenvalue weighted by Crippen LogP contribution is 2.16. The van der Waals surface area contributed by atoms with Crippen molar-refractivity contribution in [1.29, 1.82) is 0 Å². The average Bonchev–Trinajstić information content (AvgIpc) is 2.28. The van der Waals surface area contributed by atoms with E-state index in [0.717, 1.165) is 13.0 Å². The van der Waals surface area contributed by atoms with Crippen molar-refractivity contribution < 1.29 is 13.2 Å². The summed E-state index contributed by atoms with van der Waals surface area (Å²) in [6.07, 6.45) is 3.91. The van der Waals surface area contributed by atoms with Gasteiger partial charge in [0.1, 0.15) is 0 Å². The molecule has 2 heterocycles. The summed E-state index contributed by atoms with van der Waals surface area (Å²) < 4.78 is 22.9. The van der Waals surface area contributed by atoms with Crippen molar-refractivity contribution in [2.75, 3.05) is 24.6 Å². The average molecular weight is 274 g/mol. The van der Waals surface area contributed by atoms with E-state index in [2.05, 4.69) is 5.32 Å². The van der Waals surface area contributed by atoms with Crippen LogP contribution in [0.5, 0.6) is 0 Å². The molecule has 0 aromatic carbocycles. The number of piperidine rings is 1. The first kappa shape index (κ1) is 13.8. The third kappa shape index (κ3) is 3.45. The van der Waals surface area contributed by atoms with Crippen LogP contribution in [0.1, 0.15) is 32.6 Å². The Labute approximate surface area is 109 Å².